The first kappa shape index (κ1) is 19.1. The molecule has 0 radical (unpaired) electrons. The zero-order valence-corrected chi connectivity index (χ0v) is 16.4. The van der Waals surface area contributed by atoms with Gasteiger partial charge in [-0.1, -0.05) is 6.07 Å². The largest absolute Gasteiger partial charge is 0.343 e. The van der Waals surface area contributed by atoms with Gasteiger partial charge >= 0.3 is 6.03 Å². The fourth-order valence-electron chi connectivity index (χ4n) is 3.76. The van der Waals surface area contributed by atoms with Crippen molar-refractivity contribution in [3.63, 3.8) is 0 Å². The summed E-state index contributed by atoms with van der Waals surface area (Å²) in [5.41, 5.74) is 0.837. The maximum atomic E-state index is 12.5. The van der Waals surface area contributed by atoms with Crippen LogP contribution < -0.4 is 5.32 Å². The normalized spacial score (nSPS) is 18.7. The Hall–Kier alpha value is -1.69. The number of anilines is 1. The van der Waals surface area contributed by atoms with Crippen LogP contribution in [0.15, 0.2) is 29.2 Å². The number of hydrogen-bond donors (Lipinski definition) is 1. The highest BCUT2D eigenvalue weighted by atomic mass is 32.2. The van der Waals surface area contributed by atoms with E-state index in [9.17, 15) is 9.59 Å². The number of thioether (sulfide) groups is 1. The Kier molecular flexibility index (Phi) is 6.83. The van der Waals surface area contributed by atoms with Gasteiger partial charge < -0.3 is 15.1 Å². The van der Waals surface area contributed by atoms with E-state index in [1.165, 1.54) is 6.42 Å². The zero-order valence-electron chi connectivity index (χ0n) is 15.6. The van der Waals surface area contributed by atoms with E-state index in [1.54, 1.807) is 11.8 Å². The van der Waals surface area contributed by atoms with Crippen LogP contribution in [0.25, 0.3) is 0 Å². The maximum Gasteiger partial charge on any atom is 0.321 e. The van der Waals surface area contributed by atoms with Crippen molar-refractivity contribution in [1.29, 1.82) is 0 Å². The van der Waals surface area contributed by atoms with Crippen molar-refractivity contribution in [3.8, 4) is 0 Å². The summed E-state index contributed by atoms with van der Waals surface area (Å²) in [4.78, 5) is 29.9. The third-order valence-electron chi connectivity index (χ3n) is 5.39. The van der Waals surface area contributed by atoms with E-state index in [4.69, 9.17) is 0 Å². The van der Waals surface area contributed by atoms with E-state index in [2.05, 4.69) is 5.32 Å². The molecule has 2 fully saturated rings. The molecule has 2 saturated heterocycles. The van der Waals surface area contributed by atoms with Crippen LogP contribution in [0.4, 0.5) is 10.5 Å². The number of piperidine rings is 2. The van der Waals surface area contributed by atoms with Gasteiger partial charge in [0, 0.05) is 43.2 Å². The Balaban J connectivity index is 1.44. The van der Waals surface area contributed by atoms with Gasteiger partial charge in [-0.3, -0.25) is 4.79 Å². The van der Waals surface area contributed by atoms with E-state index in [1.807, 2.05) is 40.3 Å². The molecule has 0 unspecified atom stereocenters. The minimum Gasteiger partial charge on any atom is -0.343 e. The van der Waals surface area contributed by atoms with Crippen molar-refractivity contribution in [1.82, 2.24) is 9.80 Å². The monoisotopic (exact) mass is 375 g/mol. The molecule has 0 aliphatic carbocycles. The van der Waals surface area contributed by atoms with Crippen molar-refractivity contribution < 1.29 is 9.59 Å². The van der Waals surface area contributed by atoms with Crippen molar-refractivity contribution in [2.45, 2.75) is 43.4 Å². The molecule has 26 heavy (non-hydrogen) atoms. The highest BCUT2D eigenvalue weighted by Gasteiger charge is 2.26. The minimum absolute atomic E-state index is 0.0379. The molecule has 6 heteroatoms. The maximum absolute atomic E-state index is 12.5. The summed E-state index contributed by atoms with van der Waals surface area (Å²) < 4.78 is 0. The average Bonchev–Trinajstić information content (AvgIpc) is 2.69. The number of hydrogen-bond acceptors (Lipinski definition) is 3. The molecule has 0 atom stereocenters. The number of nitrogens with zero attached hydrogens (tertiary/aromatic N) is 2. The molecular formula is C20H29N3O2S. The topological polar surface area (TPSA) is 52.7 Å². The lowest BCUT2D eigenvalue weighted by molar-refractivity contribution is -0.133. The molecule has 0 spiro atoms. The molecule has 0 bridgehead atoms. The van der Waals surface area contributed by atoms with Crippen LogP contribution in [0.5, 0.6) is 0 Å². The third kappa shape index (κ3) is 5.16. The molecule has 0 aromatic heterocycles. The first-order chi connectivity index (χ1) is 12.7. The van der Waals surface area contributed by atoms with Gasteiger partial charge in [-0.15, -0.1) is 11.8 Å². The Morgan fingerprint density at radius 1 is 1.08 bits per heavy atom. The molecule has 2 aliphatic heterocycles. The van der Waals surface area contributed by atoms with E-state index in [0.29, 0.717) is 18.2 Å². The highest BCUT2D eigenvalue weighted by molar-refractivity contribution is 7.98. The summed E-state index contributed by atoms with van der Waals surface area (Å²) >= 11 is 1.66. The molecule has 3 amide bonds. The molecule has 1 aromatic carbocycles. The van der Waals surface area contributed by atoms with Gasteiger partial charge in [0.2, 0.25) is 5.91 Å². The lowest BCUT2D eigenvalue weighted by Crippen LogP contribution is -2.42. The van der Waals surface area contributed by atoms with Gasteiger partial charge in [0.1, 0.15) is 0 Å². The first-order valence-corrected chi connectivity index (χ1v) is 10.9. The fourth-order valence-corrected chi connectivity index (χ4v) is 4.22. The molecule has 0 saturated carbocycles. The van der Waals surface area contributed by atoms with E-state index < -0.39 is 0 Å². The Labute approximate surface area is 160 Å². The van der Waals surface area contributed by atoms with E-state index in [0.717, 1.165) is 62.4 Å². The third-order valence-corrected chi connectivity index (χ3v) is 6.12. The SMILES string of the molecule is CSc1cccc(NC(=O)N2CCC(CC(=O)N3CCCCC3)CC2)c1. The van der Waals surface area contributed by atoms with Gasteiger partial charge in [-0.05, 0) is 62.5 Å². The highest BCUT2D eigenvalue weighted by Crippen LogP contribution is 2.24. The number of carbonyl (C=O) groups excluding carboxylic acids is 2. The summed E-state index contributed by atoms with van der Waals surface area (Å²) in [7, 11) is 0. The standard InChI is InChI=1S/C20H29N3O2S/c1-26-18-7-5-6-17(15-18)21-20(25)23-12-8-16(9-13-23)14-19(24)22-10-3-2-4-11-22/h5-7,15-16H,2-4,8-14H2,1H3,(H,21,25). The fraction of sp³-hybridized carbons (Fsp3) is 0.600. The van der Waals surface area contributed by atoms with Gasteiger partial charge in [0.05, 0.1) is 0 Å². The lowest BCUT2D eigenvalue weighted by Gasteiger charge is -2.33. The second kappa shape index (κ2) is 9.31. The number of benzene rings is 1. The second-order valence-corrected chi connectivity index (χ2v) is 8.12. The van der Waals surface area contributed by atoms with E-state index in [-0.39, 0.29) is 6.03 Å². The van der Waals surface area contributed by atoms with Gasteiger partial charge in [0.15, 0.2) is 0 Å². The summed E-state index contributed by atoms with van der Waals surface area (Å²) in [5, 5.41) is 2.99. The number of rotatable bonds is 4. The predicted molar refractivity (Wildman–Crippen MR) is 107 cm³/mol. The minimum atomic E-state index is -0.0379. The zero-order chi connectivity index (χ0) is 18.4. The number of urea groups is 1. The Bertz CT molecular complexity index is 623. The van der Waals surface area contributed by atoms with Crippen molar-refractivity contribution in [2.24, 2.45) is 5.92 Å². The van der Waals surface area contributed by atoms with Crippen LogP contribution in [-0.4, -0.2) is 54.2 Å². The second-order valence-electron chi connectivity index (χ2n) is 7.24. The molecular weight excluding hydrogens is 346 g/mol. The van der Waals surface area contributed by atoms with Crippen molar-refractivity contribution in [2.75, 3.05) is 37.8 Å². The predicted octanol–water partition coefficient (Wildman–Crippen LogP) is 4.06. The molecule has 5 nitrogen and oxygen atoms in total. The van der Waals surface area contributed by atoms with Crippen LogP contribution in [0, 0.1) is 5.92 Å². The van der Waals surface area contributed by atoms with Gasteiger partial charge in [0.25, 0.3) is 0 Å². The van der Waals surface area contributed by atoms with Crippen LogP contribution in [-0.2, 0) is 4.79 Å². The number of likely N-dealkylation sites (tertiary alicyclic amines) is 2. The van der Waals surface area contributed by atoms with Crippen molar-refractivity contribution in [3.05, 3.63) is 24.3 Å². The summed E-state index contributed by atoms with van der Waals surface area (Å²) in [5.74, 6) is 0.717. The molecule has 1 N–H and O–H groups in total. The first-order valence-electron chi connectivity index (χ1n) is 9.63. The van der Waals surface area contributed by atoms with E-state index >= 15 is 0 Å². The molecule has 3 rings (SSSR count). The Morgan fingerprint density at radius 3 is 2.50 bits per heavy atom. The van der Waals surface area contributed by atoms with Crippen LogP contribution in [0.2, 0.25) is 0 Å². The lowest BCUT2D eigenvalue weighted by atomic mass is 9.93. The van der Waals surface area contributed by atoms with Gasteiger partial charge in [-0.2, -0.15) is 0 Å². The van der Waals surface area contributed by atoms with Crippen LogP contribution in [0.1, 0.15) is 38.5 Å². The van der Waals surface area contributed by atoms with Crippen LogP contribution >= 0.6 is 11.8 Å². The summed E-state index contributed by atoms with van der Waals surface area (Å²) in [6.07, 6.45) is 8.03. The molecule has 2 heterocycles. The summed E-state index contributed by atoms with van der Waals surface area (Å²) in [6.45, 7) is 3.31. The molecule has 2 aliphatic rings. The average molecular weight is 376 g/mol. The van der Waals surface area contributed by atoms with Gasteiger partial charge in [-0.25, -0.2) is 4.79 Å². The molecule has 1 aromatic rings. The smallest absolute Gasteiger partial charge is 0.321 e. The van der Waals surface area contributed by atoms with Crippen molar-refractivity contribution >= 4 is 29.4 Å². The van der Waals surface area contributed by atoms with Crippen LogP contribution in [0.3, 0.4) is 0 Å². The Morgan fingerprint density at radius 2 is 1.81 bits per heavy atom. The summed E-state index contributed by atoms with van der Waals surface area (Å²) in [6, 6.07) is 7.86. The quantitative estimate of drug-likeness (QED) is 0.808. The molecule has 142 valence electrons. The number of carbonyl (C=O) groups is 2. The number of nitrogens with one attached hydrogen (secondary N) is 1. The number of amides is 3.